The van der Waals surface area contributed by atoms with Crippen LogP contribution in [-0.2, 0) is 6.54 Å². The Morgan fingerprint density at radius 3 is 2.81 bits per heavy atom. The maximum atomic E-state index is 5.79. The fraction of sp³-hybridized carbons (Fsp3) is 0.364. The van der Waals surface area contributed by atoms with Gasteiger partial charge in [-0.15, -0.1) is 10.2 Å². The van der Waals surface area contributed by atoms with Crippen LogP contribution in [0.2, 0.25) is 5.02 Å². The lowest BCUT2D eigenvalue weighted by atomic mass is 10.2. The second-order valence-electron chi connectivity index (χ2n) is 4.06. The van der Waals surface area contributed by atoms with Crippen molar-refractivity contribution in [2.24, 2.45) is 5.92 Å². The molecule has 0 atom stereocenters. The van der Waals surface area contributed by atoms with Gasteiger partial charge in [0.25, 0.3) is 0 Å². The summed E-state index contributed by atoms with van der Waals surface area (Å²) >= 11 is 5.79. The van der Waals surface area contributed by atoms with Gasteiger partial charge in [-0.05, 0) is 18.1 Å². The SMILES string of the molecule is CC(C)Cn1cnnc1-c1ccc(Cl)cn1. The van der Waals surface area contributed by atoms with E-state index in [0.29, 0.717) is 10.9 Å². The van der Waals surface area contributed by atoms with Gasteiger partial charge in [-0.3, -0.25) is 4.98 Å². The lowest BCUT2D eigenvalue weighted by Crippen LogP contribution is -2.05. The molecule has 0 N–H and O–H groups in total. The van der Waals surface area contributed by atoms with Crippen molar-refractivity contribution in [3.63, 3.8) is 0 Å². The Morgan fingerprint density at radius 1 is 1.38 bits per heavy atom. The Morgan fingerprint density at radius 2 is 2.19 bits per heavy atom. The van der Waals surface area contributed by atoms with E-state index in [4.69, 9.17) is 11.6 Å². The molecular formula is C11H13ClN4. The van der Waals surface area contributed by atoms with Crippen molar-refractivity contribution in [2.75, 3.05) is 0 Å². The molecule has 5 heteroatoms. The molecule has 2 aromatic heterocycles. The summed E-state index contributed by atoms with van der Waals surface area (Å²) in [6.45, 7) is 5.19. The predicted octanol–water partition coefficient (Wildman–Crippen LogP) is 2.65. The average molecular weight is 237 g/mol. The summed E-state index contributed by atoms with van der Waals surface area (Å²) in [5, 5.41) is 8.61. The van der Waals surface area contributed by atoms with Gasteiger partial charge in [-0.2, -0.15) is 0 Å². The quantitative estimate of drug-likeness (QED) is 0.823. The van der Waals surface area contributed by atoms with E-state index in [-0.39, 0.29) is 0 Å². The molecule has 0 aliphatic rings. The van der Waals surface area contributed by atoms with Gasteiger partial charge in [0.1, 0.15) is 12.0 Å². The smallest absolute Gasteiger partial charge is 0.182 e. The van der Waals surface area contributed by atoms with Crippen molar-refractivity contribution in [3.05, 3.63) is 29.7 Å². The molecule has 0 amide bonds. The lowest BCUT2D eigenvalue weighted by Gasteiger charge is -2.08. The number of hydrogen-bond donors (Lipinski definition) is 0. The Hall–Kier alpha value is -1.42. The number of hydrogen-bond acceptors (Lipinski definition) is 3. The van der Waals surface area contributed by atoms with Gasteiger partial charge in [0.2, 0.25) is 0 Å². The van der Waals surface area contributed by atoms with Crippen molar-refractivity contribution < 1.29 is 0 Å². The number of nitrogens with zero attached hydrogens (tertiary/aromatic N) is 4. The molecule has 16 heavy (non-hydrogen) atoms. The van der Waals surface area contributed by atoms with Crippen LogP contribution in [-0.4, -0.2) is 19.7 Å². The Labute approximate surface area is 99.3 Å². The molecule has 0 radical (unpaired) electrons. The zero-order chi connectivity index (χ0) is 11.5. The van der Waals surface area contributed by atoms with Gasteiger partial charge in [0.05, 0.1) is 5.02 Å². The molecule has 2 heterocycles. The topological polar surface area (TPSA) is 43.6 Å². The van der Waals surface area contributed by atoms with Gasteiger partial charge in [-0.25, -0.2) is 0 Å². The molecule has 0 bridgehead atoms. The first kappa shape index (κ1) is 11.1. The highest BCUT2D eigenvalue weighted by molar-refractivity contribution is 6.30. The van der Waals surface area contributed by atoms with Crippen LogP contribution in [0.1, 0.15) is 13.8 Å². The number of rotatable bonds is 3. The molecule has 0 aromatic carbocycles. The predicted molar refractivity (Wildman–Crippen MR) is 63.1 cm³/mol. The van der Waals surface area contributed by atoms with Crippen LogP contribution in [0.3, 0.4) is 0 Å². The molecule has 0 saturated carbocycles. The molecule has 0 fully saturated rings. The average Bonchev–Trinajstić information content (AvgIpc) is 2.66. The van der Waals surface area contributed by atoms with Crippen molar-refractivity contribution in [3.8, 4) is 11.5 Å². The molecule has 0 spiro atoms. The summed E-state index contributed by atoms with van der Waals surface area (Å²) in [4.78, 5) is 4.23. The Balaban J connectivity index is 2.33. The number of pyridine rings is 1. The molecule has 0 aliphatic heterocycles. The molecular weight excluding hydrogens is 224 g/mol. The van der Waals surface area contributed by atoms with E-state index < -0.39 is 0 Å². The minimum atomic E-state index is 0.544. The first-order valence-electron chi connectivity index (χ1n) is 5.16. The zero-order valence-electron chi connectivity index (χ0n) is 9.26. The standard InChI is InChI=1S/C11H13ClN4/c1-8(2)6-16-7-14-15-11(16)10-4-3-9(12)5-13-10/h3-5,7-8H,6H2,1-2H3. The van der Waals surface area contributed by atoms with E-state index >= 15 is 0 Å². The third kappa shape index (κ3) is 2.39. The van der Waals surface area contributed by atoms with E-state index in [9.17, 15) is 0 Å². The van der Waals surface area contributed by atoms with Gasteiger partial charge >= 0.3 is 0 Å². The van der Waals surface area contributed by atoms with E-state index in [2.05, 4.69) is 29.0 Å². The maximum Gasteiger partial charge on any atom is 0.182 e. The monoisotopic (exact) mass is 236 g/mol. The maximum absolute atomic E-state index is 5.79. The normalized spacial score (nSPS) is 11.0. The van der Waals surface area contributed by atoms with Crippen LogP contribution in [0.5, 0.6) is 0 Å². The van der Waals surface area contributed by atoms with E-state index in [0.717, 1.165) is 18.1 Å². The van der Waals surface area contributed by atoms with Crippen LogP contribution < -0.4 is 0 Å². The highest BCUT2D eigenvalue weighted by atomic mass is 35.5. The lowest BCUT2D eigenvalue weighted by molar-refractivity contribution is 0.525. The molecule has 0 saturated heterocycles. The molecule has 0 unspecified atom stereocenters. The first-order valence-corrected chi connectivity index (χ1v) is 5.54. The minimum Gasteiger partial charge on any atom is -0.312 e. The zero-order valence-corrected chi connectivity index (χ0v) is 10.0. The summed E-state index contributed by atoms with van der Waals surface area (Å²) in [6.07, 6.45) is 3.34. The van der Waals surface area contributed by atoms with E-state index in [1.54, 1.807) is 18.6 Å². The Kier molecular flexibility index (Phi) is 3.19. The van der Waals surface area contributed by atoms with Gasteiger partial charge < -0.3 is 4.57 Å². The van der Waals surface area contributed by atoms with Crippen LogP contribution in [0.4, 0.5) is 0 Å². The first-order chi connectivity index (χ1) is 7.66. The largest absolute Gasteiger partial charge is 0.312 e. The fourth-order valence-electron chi connectivity index (χ4n) is 1.49. The summed E-state index contributed by atoms with van der Waals surface area (Å²) in [5.74, 6) is 1.33. The van der Waals surface area contributed by atoms with Gasteiger partial charge in [0.15, 0.2) is 5.82 Å². The highest BCUT2D eigenvalue weighted by Gasteiger charge is 2.09. The van der Waals surface area contributed by atoms with Crippen molar-refractivity contribution in [1.82, 2.24) is 19.7 Å². The second-order valence-corrected chi connectivity index (χ2v) is 4.50. The molecule has 2 aromatic rings. The molecule has 2 rings (SSSR count). The Bertz CT molecular complexity index is 461. The minimum absolute atomic E-state index is 0.544. The second kappa shape index (κ2) is 4.61. The summed E-state index contributed by atoms with van der Waals surface area (Å²) in [5.41, 5.74) is 0.794. The summed E-state index contributed by atoms with van der Waals surface area (Å²) in [6, 6.07) is 3.65. The van der Waals surface area contributed by atoms with Crippen LogP contribution in [0, 0.1) is 5.92 Å². The summed E-state index contributed by atoms with van der Waals surface area (Å²) < 4.78 is 2.00. The third-order valence-electron chi connectivity index (χ3n) is 2.13. The van der Waals surface area contributed by atoms with Crippen LogP contribution >= 0.6 is 11.6 Å². The molecule has 0 aliphatic carbocycles. The van der Waals surface area contributed by atoms with E-state index in [1.807, 2.05) is 10.6 Å². The fourth-order valence-corrected chi connectivity index (χ4v) is 1.60. The van der Waals surface area contributed by atoms with Gasteiger partial charge in [-0.1, -0.05) is 25.4 Å². The van der Waals surface area contributed by atoms with Crippen LogP contribution in [0.25, 0.3) is 11.5 Å². The third-order valence-corrected chi connectivity index (χ3v) is 2.36. The van der Waals surface area contributed by atoms with Crippen molar-refractivity contribution in [2.45, 2.75) is 20.4 Å². The summed E-state index contributed by atoms with van der Waals surface area (Å²) in [7, 11) is 0. The highest BCUT2D eigenvalue weighted by Crippen LogP contribution is 2.17. The van der Waals surface area contributed by atoms with Crippen molar-refractivity contribution in [1.29, 1.82) is 0 Å². The van der Waals surface area contributed by atoms with E-state index in [1.165, 1.54) is 0 Å². The van der Waals surface area contributed by atoms with Crippen LogP contribution in [0.15, 0.2) is 24.7 Å². The van der Waals surface area contributed by atoms with Crippen molar-refractivity contribution >= 4 is 11.6 Å². The molecule has 4 nitrogen and oxygen atoms in total. The number of halogens is 1. The van der Waals surface area contributed by atoms with Gasteiger partial charge in [0, 0.05) is 12.7 Å². The molecule has 84 valence electrons. The number of aromatic nitrogens is 4.